The van der Waals surface area contributed by atoms with Crippen molar-refractivity contribution in [2.24, 2.45) is 0 Å². The predicted molar refractivity (Wildman–Crippen MR) is 71.0 cm³/mol. The average Bonchev–Trinajstić information content (AvgIpc) is 2.72. The Morgan fingerprint density at radius 2 is 2.18 bits per heavy atom. The second kappa shape index (κ2) is 5.25. The van der Waals surface area contributed by atoms with E-state index in [4.69, 9.17) is 27.6 Å². The lowest BCUT2D eigenvalue weighted by molar-refractivity contribution is 0.510. The minimum absolute atomic E-state index is 0.257. The van der Waals surface area contributed by atoms with Gasteiger partial charge in [-0.05, 0) is 25.1 Å². The summed E-state index contributed by atoms with van der Waals surface area (Å²) >= 11 is 15.2. The molecule has 1 aromatic carbocycles. The maximum absolute atomic E-state index is 6.02. The topological polar surface area (TPSA) is 51.0 Å². The minimum atomic E-state index is -0.323. The van der Waals surface area contributed by atoms with Crippen LogP contribution in [0.4, 0.5) is 11.7 Å². The van der Waals surface area contributed by atoms with Crippen molar-refractivity contribution >= 4 is 50.8 Å². The van der Waals surface area contributed by atoms with E-state index in [1.807, 2.05) is 12.1 Å². The zero-order valence-electron chi connectivity index (χ0n) is 8.75. The standard InChI is InChI=1S/C10H8BrCl2N3O/c1-5(12)9-15-16-10(17-9)14-8-4-6(11)2-3-7(8)13/h2-5H,1H3,(H,14,16). The zero-order valence-corrected chi connectivity index (χ0v) is 11.8. The van der Waals surface area contributed by atoms with Crippen LogP contribution in [0.2, 0.25) is 5.02 Å². The van der Waals surface area contributed by atoms with E-state index in [9.17, 15) is 0 Å². The highest BCUT2D eigenvalue weighted by molar-refractivity contribution is 9.10. The molecule has 0 fully saturated rings. The fourth-order valence-corrected chi connectivity index (χ4v) is 1.77. The van der Waals surface area contributed by atoms with Crippen LogP contribution in [0.3, 0.4) is 0 Å². The number of aromatic nitrogens is 2. The summed E-state index contributed by atoms with van der Waals surface area (Å²) in [6.45, 7) is 1.75. The van der Waals surface area contributed by atoms with E-state index < -0.39 is 0 Å². The fourth-order valence-electron chi connectivity index (χ4n) is 1.15. The average molecular weight is 337 g/mol. The first-order valence-corrected chi connectivity index (χ1v) is 6.36. The maximum atomic E-state index is 6.02. The van der Waals surface area contributed by atoms with Crippen LogP contribution in [-0.4, -0.2) is 10.2 Å². The summed E-state index contributed by atoms with van der Waals surface area (Å²) in [5.74, 6) is 0.361. The largest absolute Gasteiger partial charge is 0.406 e. The quantitative estimate of drug-likeness (QED) is 0.836. The van der Waals surface area contributed by atoms with Gasteiger partial charge >= 0.3 is 6.01 Å². The van der Waals surface area contributed by atoms with E-state index >= 15 is 0 Å². The second-order valence-electron chi connectivity index (χ2n) is 3.31. The summed E-state index contributed by atoms with van der Waals surface area (Å²) in [6, 6.07) is 5.67. The Bertz CT molecular complexity index is 530. The Morgan fingerprint density at radius 1 is 1.41 bits per heavy atom. The van der Waals surface area contributed by atoms with Crippen LogP contribution in [0.25, 0.3) is 0 Å². The molecule has 2 rings (SSSR count). The number of alkyl halides is 1. The Labute approximate surface area is 116 Å². The molecule has 1 heterocycles. The lowest BCUT2D eigenvalue weighted by Gasteiger charge is -2.04. The molecule has 0 amide bonds. The number of hydrogen-bond donors (Lipinski definition) is 1. The van der Waals surface area contributed by atoms with Crippen LogP contribution in [0.15, 0.2) is 27.1 Å². The molecule has 0 aliphatic heterocycles. The molecule has 0 spiro atoms. The van der Waals surface area contributed by atoms with Gasteiger partial charge in [0.2, 0.25) is 5.89 Å². The molecule has 0 aliphatic rings. The van der Waals surface area contributed by atoms with Crippen molar-refractivity contribution in [1.82, 2.24) is 10.2 Å². The molecule has 1 N–H and O–H groups in total. The third-order valence-corrected chi connectivity index (χ3v) is 2.96. The molecule has 17 heavy (non-hydrogen) atoms. The van der Waals surface area contributed by atoms with Gasteiger partial charge in [0.1, 0.15) is 5.38 Å². The maximum Gasteiger partial charge on any atom is 0.320 e. The van der Waals surface area contributed by atoms with E-state index in [2.05, 4.69) is 31.4 Å². The van der Waals surface area contributed by atoms with Crippen molar-refractivity contribution in [3.05, 3.63) is 33.6 Å². The minimum Gasteiger partial charge on any atom is -0.406 e. The SMILES string of the molecule is CC(Cl)c1nnc(Nc2cc(Br)ccc2Cl)o1. The third-order valence-electron chi connectivity index (χ3n) is 1.95. The lowest BCUT2D eigenvalue weighted by Crippen LogP contribution is -1.91. The number of benzene rings is 1. The number of halogens is 3. The smallest absolute Gasteiger partial charge is 0.320 e. The molecule has 7 heteroatoms. The molecule has 90 valence electrons. The number of rotatable bonds is 3. The molecule has 4 nitrogen and oxygen atoms in total. The summed E-state index contributed by atoms with van der Waals surface area (Å²) < 4.78 is 6.20. The number of anilines is 2. The van der Waals surface area contributed by atoms with Gasteiger partial charge in [-0.1, -0.05) is 32.6 Å². The number of nitrogens with one attached hydrogen (secondary N) is 1. The van der Waals surface area contributed by atoms with E-state index in [0.29, 0.717) is 16.6 Å². The van der Waals surface area contributed by atoms with Crippen LogP contribution in [-0.2, 0) is 0 Å². The first kappa shape index (κ1) is 12.7. The van der Waals surface area contributed by atoms with Crippen molar-refractivity contribution in [1.29, 1.82) is 0 Å². The summed E-state index contributed by atoms with van der Waals surface area (Å²) in [5, 5.41) is 10.8. The van der Waals surface area contributed by atoms with Gasteiger partial charge in [0, 0.05) is 4.47 Å². The summed E-state index contributed by atoms with van der Waals surface area (Å²) in [6.07, 6.45) is 0. The first-order chi connectivity index (χ1) is 8.06. The van der Waals surface area contributed by atoms with Gasteiger partial charge in [-0.15, -0.1) is 16.7 Å². The molecular formula is C10H8BrCl2N3O. The highest BCUT2D eigenvalue weighted by atomic mass is 79.9. The molecular weight excluding hydrogens is 329 g/mol. The molecule has 1 unspecified atom stereocenters. The van der Waals surface area contributed by atoms with E-state index in [1.165, 1.54) is 0 Å². The number of nitrogens with zero attached hydrogens (tertiary/aromatic N) is 2. The first-order valence-electron chi connectivity index (χ1n) is 4.76. The van der Waals surface area contributed by atoms with Gasteiger partial charge in [0.25, 0.3) is 0 Å². The Balaban J connectivity index is 2.22. The van der Waals surface area contributed by atoms with Gasteiger partial charge in [0.05, 0.1) is 10.7 Å². The van der Waals surface area contributed by atoms with Crippen molar-refractivity contribution in [2.45, 2.75) is 12.3 Å². The van der Waals surface area contributed by atoms with Crippen LogP contribution in [0, 0.1) is 0 Å². The molecule has 0 radical (unpaired) electrons. The highest BCUT2D eigenvalue weighted by Crippen LogP contribution is 2.29. The molecule has 1 aromatic heterocycles. The van der Waals surface area contributed by atoms with Crippen molar-refractivity contribution < 1.29 is 4.42 Å². The molecule has 0 bridgehead atoms. The van der Waals surface area contributed by atoms with E-state index in [0.717, 1.165) is 4.47 Å². The molecule has 0 saturated heterocycles. The molecule has 1 atom stereocenters. The monoisotopic (exact) mass is 335 g/mol. The van der Waals surface area contributed by atoms with Crippen molar-refractivity contribution in [2.75, 3.05) is 5.32 Å². The van der Waals surface area contributed by atoms with E-state index in [1.54, 1.807) is 13.0 Å². The lowest BCUT2D eigenvalue weighted by atomic mass is 10.3. The van der Waals surface area contributed by atoms with Gasteiger partial charge in [-0.25, -0.2) is 0 Å². The van der Waals surface area contributed by atoms with Gasteiger partial charge in [0.15, 0.2) is 0 Å². The molecule has 2 aromatic rings. The Hall–Kier alpha value is -0.780. The van der Waals surface area contributed by atoms with Crippen LogP contribution < -0.4 is 5.32 Å². The Kier molecular flexibility index (Phi) is 3.91. The van der Waals surface area contributed by atoms with Gasteiger partial charge in [-0.3, -0.25) is 0 Å². The zero-order chi connectivity index (χ0) is 12.4. The van der Waals surface area contributed by atoms with Crippen LogP contribution in [0.5, 0.6) is 0 Å². The van der Waals surface area contributed by atoms with Crippen LogP contribution >= 0.6 is 39.1 Å². The van der Waals surface area contributed by atoms with Gasteiger partial charge in [-0.2, -0.15) is 0 Å². The summed E-state index contributed by atoms with van der Waals surface area (Å²) in [5.41, 5.74) is 0.679. The number of hydrogen-bond acceptors (Lipinski definition) is 4. The second-order valence-corrected chi connectivity index (χ2v) is 5.29. The van der Waals surface area contributed by atoms with Crippen LogP contribution in [0.1, 0.15) is 18.2 Å². The predicted octanol–water partition coefficient (Wildman–Crippen LogP) is 4.53. The Morgan fingerprint density at radius 3 is 2.82 bits per heavy atom. The molecule has 0 aliphatic carbocycles. The van der Waals surface area contributed by atoms with Gasteiger partial charge < -0.3 is 9.73 Å². The fraction of sp³-hybridized carbons (Fsp3) is 0.200. The normalized spacial score (nSPS) is 12.5. The molecule has 0 saturated carbocycles. The van der Waals surface area contributed by atoms with E-state index in [-0.39, 0.29) is 11.4 Å². The summed E-state index contributed by atoms with van der Waals surface area (Å²) in [7, 11) is 0. The third kappa shape index (κ3) is 3.12. The highest BCUT2D eigenvalue weighted by Gasteiger charge is 2.12. The van der Waals surface area contributed by atoms with Crippen molar-refractivity contribution in [3.63, 3.8) is 0 Å². The van der Waals surface area contributed by atoms with Crippen molar-refractivity contribution in [3.8, 4) is 0 Å². The summed E-state index contributed by atoms with van der Waals surface area (Å²) in [4.78, 5) is 0.